The Hall–Kier alpha value is -2.83. The third-order valence-electron chi connectivity index (χ3n) is 4.16. The molecule has 0 aliphatic heterocycles. The van der Waals surface area contributed by atoms with Gasteiger partial charge in [-0.05, 0) is 37.8 Å². The zero-order valence-corrected chi connectivity index (χ0v) is 14.1. The first-order chi connectivity index (χ1) is 12.2. The summed E-state index contributed by atoms with van der Waals surface area (Å²) in [6.45, 7) is 0. The summed E-state index contributed by atoms with van der Waals surface area (Å²) in [7, 11) is 1.60. The number of hydrogen-bond acceptors (Lipinski definition) is 5. The molecule has 132 valence electrons. The van der Waals surface area contributed by atoms with Crippen molar-refractivity contribution < 1.29 is 14.3 Å². The lowest BCUT2D eigenvalue weighted by atomic mass is 9.93. The lowest BCUT2D eigenvalue weighted by Crippen LogP contribution is -2.41. The Kier molecular flexibility index (Phi) is 5.66. The molecule has 1 aromatic carbocycles. The Morgan fingerprint density at radius 3 is 2.76 bits per heavy atom. The van der Waals surface area contributed by atoms with Crippen molar-refractivity contribution in [1.29, 1.82) is 0 Å². The molecule has 1 saturated carbocycles. The molecule has 2 aromatic rings. The fraction of sp³-hybridized carbons (Fsp3) is 0.389. The van der Waals surface area contributed by atoms with E-state index < -0.39 is 0 Å². The Balaban J connectivity index is 1.43. The number of urea groups is 1. The number of nitrogens with one attached hydrogen (secondary N) is 2. The number of nitrogens with zero attached hydrogens (tertiary/aromatic N) is 2. The lowest BCUT2D eigenvalue weighted by molar-refractivity contribution is 0.135. The van der Waals surface area contributed by atoms with Gasteiger partial charge in [0.05, 0.1) is 13.3 Å². The molecule has 0 saturated heterocycles. The van der Waals surface area contributed by atoms with Crippen molar-refractivity contribution >= 4 is 11.7 Å². The second-order valence-corrected chi connectivity index (χ2v) is 5.97. The lowest BCUT2D eigenvalue weighted by Gasteiger charge is -2.29. The third kappa shape index (κ3) is 5.07. The second kappa shape index (κ2) is 8.32. The molecule has 1 aromatic heterocycles. The molecule has 0 unspecified atom stereocenters. The predicted octanol–water partition coefficient (Wildman–Crippen LogP) is 3.00. The number of rotatable bonds is 5. The molecule has 1 fully saturated rings. The van der Waals surface area contributed by atoms with Gasteiger partial charge in [-0.25, -0.2) is 9.78 Å². The highest BCUT2D eigenvalue weighted by Gasteiger charge is 2.24. The van der Waals surface area contributed by atoms with E-state index in [1.54, 1.807) is 31.8 Å². The zero-order valence-electron chi connectivity index (χ0n) is 14.1. The van der Waals surface area contributed by atoms with Crippen LogP contribution in [0.5, 0.6) is 11.6 Å². The maximum absolute atomic E-state index is 12.1. The predicted molar refractivity (Wildman–Crippen MR) is 93.9 cm³/mol. The summed E-state index contributed by atoms with van der Waals surface area (Å²) in [5, 5.41) is 5.85. The number of amides is 2. The number of aromatic nitrogens is 2. The number of carbonyl (C=O) groups excluding carboxylic acids is 1. The monoisotopic (exact) mass is 342 g/mol. The third-order valence-corrected chi connectivity index (χ3v) is 4.16. The standard InChI is InChI=1S/C18H22N4O3/c1-24-16-4-2-3-14(11-16)22-18(23)21-13-5-7-15(8-6-13)25-17-12-19-9-10-20-17/h2-4,9-13,15H,5-8H2,1H3,(H2,21,22,23). The molecule has 25 heavy (non-hydrogen) atoms. The van der Waals surface area contributed by atoms with Crippen LogP contribution in [0.4, 0.5) is 10.5 Å². The van der Waals surface area contributed by atoms with Gasteiger partial charge in [-0.3, -0.25) is 4.98 Å². The van der Waals surface area contributed by atoms with Gasteiger partial charge in [0.15, 0.2) is 0 Å². The molecule has 1 heterocycles. The van der Waals surface area contributed by atoms with Crippen molar-refractivity contribution in [3.05, 3.63) is 42.9 Å². The average Bonchev–Trinajstić information content (AvgIpc) is 2.64. The van der Waals surface area contributed by atoms with Gasteiger partial charge in [0.2, 0.25) is 5.88 Å². The largest absolute Gasteiger partial charge is 0.497 e. The van der Waals surface area contributed by atoms with Crippen LogP contribution in [0.1, 0.15) is 25.7 Å². The first-order valence-corrected chi connectivity index (χ1v) is 8.37. The van der Waals surface area contributed by atoms with Crippen LogP contribution in [0.3, 0.4) is 0 Å². The molecule has 7 nitrogen and oxygen atoms in total. The van der Waals surface area contributed by atoms with Crippen molar-refractivity contribution in [1.82, 2.24) is 15.3 Å². The number of hydrogen-bond donors (Lipinski definition) is 2. The van der Waals surface area contributed by atoms with E-state index in [4.69, 9.17) is 9.47 Å². The van der Waals surface area contributed by atoms with Crippen LogP contribution in [0, 0.1) is 0 Å². The van der Waals surface area contributed by atoms with E-state index in [1.807, 2.05) is 18.2 Å². The van der Waals surface area contributed by atoms with Gasteiger partial charge in [0.25, 0.3) is 0 Å². The van der Waals surface area contributed by atoms with Gasteiger partial charge in [0, 0.05) is 30.2 Å². The number of carbonyl (C=O) groups is 1. The van der Waals surface area contributed by atoms with Gasteiger partial charge in [-0.2, -0.15) is 0 Å². The fourth-order valence-electron chi connectivity index (χ4n) is 2.90. The quantitative estimate of drug-likeness (QED) is 0.872. The highest BCUT2D eigenvalue weighted by atomic mass is 16.5. The van der Waals surface area contributed by atoms with Crippen LogP contribution in [-0.2, 0) is 0 Å². The molecule has 3 rings (SSSR count). The Morgan fingerprint density at radius 2 is 2.04 bits per heavy atom. The van der Waals surface area contributed by atoms with Crippen molar-refractivity contribution in [2.45, 2.75) is 37.8 Å². The summed E-state index contributed by atoms with van der Waals surface area (Å²) in [5.74, 6) is 1.26. The summed E-state index contributed by atoms with van der Waals surface area (Å²) in [4.78, 5) is 20.3. The molecule has 2 N–H and O–H groups in total. The molecular formula is C18H22N4O3. The molecule has 1 aliphatic carbocycles. The summed E-state index contributed by atoms with van der Waals surface area (Å²) in [6.07, 6.45) is 8.47. The average molecular weight is 342 g/mol. The Bertz CT molecular complexity index is 688. The molecule has 1 aliphatic rings. The molecular weight excluding hydrogens is 320 g/mol. The topological polar surface area (TPSA) is 85.4 Å². The van der Waals surface area contributed by atoms with E-state index in [1.165, 1.54) is 0 Å². The fourth-order valence-corrected chi connectivity index (χ4v) is 2.90. The van der Waals surface area contributed by atoms with Gasteiger partial charge >= 0.3 is 6.03 Å². The van der Waals surface area contributed by atoms with E-state index in [-0.39, 0.29) is 18.2 Å². The van der Waals surface area contributed by atoms with Crippen LogP contribution in [-0.4, -0.2) is 35.3 Å². The van der Waals surface area contributed by atoms with Gasteiger partial charge in [-0.15, -0.1) is 0 Å². The van der Waals surface area contributed by atoms with Crippen molar-refractivity contribution in [3.8, 4) is 11.6 Å². The smallest absolute Gasteiger partial charge is 0.319 e. The summed E-state index contributed by atoms with van der Waals surface area (Å²) >= 11 is 0. The Labute approximate surface area is 146 Å². The van der Waals surface area contributed by atoms with E-state index in [9.17, 15) is 4.79 Å². The summed E-state index contributed by atoms with van der Waals surface area (Å²) in [6, 6.07) is 7.23. The minimum Gasteiger partial charge on any atom is -0.497 e. The van der Waals surface area contributed by atoms with E-state index in [0.29, 0.717) is 17.3 Å². The van der Waals surface area contributed by atoms with Crippen molar-refractivity contribution in [2.24, 2.45) is 0 Å². The second-order valence-electron chi connectivity index (χ2n) is 5.97. The zero-order chi connectivity index (χ0) is 17.5. The maximum Gasteiger partial charge on any atom is 0.319 e. The summed E-state index contributed by atoms with van der Waals surface area (Å²) < 4.78 is 11.0. The van der Waals surface area contributed by atoms with Crippen LogP contribution >= 0.6 is 0 Å². The maximum atomic E-state index is 12.1. The molecule has 0 spiro atoms. The number of anilines is 1. The highest BCUT2D eigenvalue weighted by molar-refractivity contribution is 5.89. The van der Waals surface area contributed by atoms with E-state index >= 15 is 0 Å². The van der Waals surface area contributed by atoms with Crippen molar-refractivity contribution in [2.75, 3.05) is 12.4 Å². The minimum atomic E-state index is -0.202. The van der Waals surface area contributed by atoms with Gasteiger partial charge in [0.1, 0.15) is 11.9 Å². The van der Waals surface area contributed by atoms with Crippen LogP contribution in [0.25, 0.3) is 0 Å². The number of ether oxygens (including phenoxy) is 2. The van der Waals surface area contributed by atoms with Crippen LogP contribution in [0.2, 0.25) is 0 Å². The molecule has 0 atom stereocenters. The molecule has 0 bridgehead atoms. The molecule has 0 radical (unpaired) electrons. The van der Waals surface area contributed by atoms with E-state index in [2.05, 4.69) is 20.6 Å². The summed E-state index contributed by atoms with van der Waals surface area (Å²) in [5.41, 5.74) is 0.705. The first kappa shape index (κ1) is 17.0. The number of methoxy groups -OCH3 is 1. The SMILES string of the molecule is COc1cccc(NC(=O)NC2CCC(Oc3cnccn3)CC2)c1. The van der Waals surface area contributed by atoms with E-state index in [0.717, 1.165) is 25.7 Å². The first-order valence-electron chi connectivity index (χ1n) is 8.37. The number of benzene rings is 1. The van der Waals surface area contributed by atoms with Gasteiger partial charge < -0.3 is 20.1 Å². The minimum absolute atomic E-state index is 0.121. The molecule has 7 heteroatoms. The molecule has 2 amide bonds. The van der Waals surface area contributed by atoms with Crippen LogP contribution < -0.4 is 20.1 Å². The highest BCUT2D eigenvalue weighted by Crippen LogP contribution is 2.23. The van der Waals surface area contributed by atoms with Crippen LogP contribution in [0.15, 0.2) is 42.9 Å². The van der Waals surface area contributed by atoms with Gasteiger partial charge in [-0.1, -0.05) is 6.07 Å². The van der Waals surface area contributed by atoms with Crippen molar-refractivity contribution in [3.63, 3.8) is 0 Å². The normalized spacial score (nSPS) is 19.7. The Morgan fingerprint density at radius 1 is 1.20 bits per heavy atom.